The second-order valence-electron chi connectivity index (χ2n) is 5.47. The lowest BCUT2D eigenvalue weighted by atomic mass is 10.1. The minimum atomic E-state index is -0.185. The summed E-state index contributed by atoms with van der Waals surface area (Å²) in [4.78, 5) is 11.7. The van der Waals surface area contributed by atoms with E-state index in [4.69, 9.17) is 0 Å². The number of aliphatic hydroxyl groups is 1. The molecule has 4 nitrogen and oxygen atoms in total. The molecule has 1 aliphatic rings. The van der Waals surface area contributed by atoms with Crippen molar-refractivity contribution in [3.05, 3.63) is 33.8 Å². The first-order chi connectivity index (χ1) is 9.54. The Kier molecular flexibility index (Phi) is 5.43. The first kappa shape index (κ1) is 15.3. The average Bonchev–Trinajstić information content (AvgIpc) is 2.81. The molecule has 0 aromatic heterocycles. The number of hydrogen-bond acceptors (Lipinski definition) is 2. The molecule has 2 rings (SSSR count). The molecular formula is C15H21BrN2O2. The topological polar surface area (TPSA) is 61.4 Å². The maximum Gasteiger partial charge on any atom is 0.315 e. The summed E-state index contributed by atoms with van der Waals surface area (Å²) >= 11 is 3.42. The number of aliphatic hydroxyl groups excluding tert-OH is 1. The minimum absolute atomic E-state index is 0.145. The summed E-state index contributed by atoms with van der Waals surface area (Å²) in [5.74, 6) is 0.408. The predicted octanol–water partition coefficient (Wildman–Crippen LogP) is 2.72. The molecule has 3 N–H and O–H groups in total. The van der Waals surface area contributed by atoms with Gasteiger partial charge in [0.1, 0.15) is 0 Å². The molecule has 0 bridgehead atoms. The fourth-order valence-corrected chi connectivity index (χ4v) is 3.04. The van der Waals surface area contributed by atoms with E-state index in [1.165, 1.54) is 0 Å². The van der Waals surface area contributed by atoms with Gasteiger partial charge in [0.2, 0.25) is 0 Å². The number of amides is 2. The molecule has 1 aliphatic carbocycles. The van der Waals surface area contributed by atoms with Crippen LogP contribution in [0.25, 0.3) is 0 Å². The molecular weight excluding hydrogens is 320 g/mol. The van der Waals surface area contributed by atoms with Gasteiger partial charge in [0.25, 0.3) is 0 Å². The zero-order valence-corrected chi connectivity index (χ0v) is 13.2. The van der Waals surface area contributed by atoms with Crippen LogP contribution in [0.15, 0.2) is 22.7 Å². The van der Waals surface area contributed by atoms with Crippen LogP contribution in [0.2, 0.25) is 0 Å². The molecule has 110 valence electrons. The number of hydrogen-bond donors (Lipinski definition) is 3. The standard InChI is InChI=1S/C15H21BrN2O2/c1-10-6-13(16)4-3-12(10)9-18-15(20)17-8-11-2-5-14(19)7-11/h3-4,6,11,14,19H,2,5,7-9H2,1H3,(H2,17,18,20). The molecule has 20 heavy (non-hydrogen) atoms. The Morgan fingerprint density at radius 1 is 1.40 bits per heavy atom. The largest absolute Gasteiger partial charge is 0.393 e. The van der Waals surface area contributed by atoms with E-state index in [1.807, 2.05) is 25.1 Å². The second kappa shape index (κ2) is 7.09. The van der Waals surface area contributed by atoms with Crippen LogP contribution in [-0.4, -0.2) is 23.8 Å². The summed E-state index contributed by atoms with van der Waals surface area (Å²) < 4.78 is 1.04. The molecule has 2 atom stereocenters. The van der Waals surface area contributed by atoms with Crippen LogP contribution in [0.1, 0.15) is 30.4 Å². The number of nitrogens with one attached hydrogen (secondary N) is 2. The van der Waals surface area contributed by atoms with E-state index >= 15 is 0 Å². The van der Waals surface area contributed by atoms with Crippen molar-refractivity contribution in [2.45, 2.75) is 38.8 Å². The van der Waals surface area contributed by atoms with Crippen molar-refractivity contribution in [3.63, 3.8) is 0 Å². The summed E-state index contributed by atoms with van der Waals surface area (Å²) in [7, 11) is 0. The highest BCUT2D eigenvalue weighted by Crippen LogP contribution is 2.24. The van der Waals surface area contributed by atoms with Crippen LogP contribution in [0.3, 0.4) is 0 Å². The number of carbonyl (C=O) groups is 1. The van der Waals surface area contributed by atoms with Crippen LogP contribution in [0, 0.1) is 12.8 Å². The van der Waals surface area contributed by atoms with Crippen LogP contribution in [-0.2, 0) is 6.54 Å². The molecule has 0 aliphatic heterocycles. The third-order valence-corrected chi connectivity index (χ3v) is 4.30. The molecule has 2 amide bonds. The maximum atomic E-state index is 11.7. The highest BCUT2D eigenvalue weighted by Gasteiger charge is 2.22. The van der Waals surface area contributed by atoms with Crippen molar-refractivity contribution < 1.29 is 9.90 Å². The van der Waals surface area contributed by atoms with Crippen molar-refractivity contribution in [2.24, 2.45) is 5.92 Å². The minimum Gasteiger partial charge on any atom is -0.393 e. The van der Waals surface area contributed by atoms with Gasteiger partial charge in [-0.05, 0) is 55.4 Å². The molecule has 1 fully saturated rings. The fourth-order valence-electron chi connectivity index (χ4n) is 2.57. The highest BCUT2D eigenvalue weighted by molar-refractivity contribution is 9.10. The molecule has 0 spiro atoms. The highest BCUT2D eigenvalue weighted by atomic mass is 79.9. The lowest BCUT2D eigenvalue weighted by Gasteiger charge is -2.13. The number of carbonyl (C=O) groups excluding carboxylic acids is 1. The molecule has 5 heteroatoms. The second-order valence-corrected chi connectivity index (χ2v) is 6.38. The van der Waals surface area contributed by atoms with Gasteiger partial charge in [0.05, 0.1) is 6.10 Å². The number of halogens is 1. The lowest BCUT2D eigenvalue weighted by Crippen LogP contribution is -2.37. The Morgan fingerprint density at radius 2 is 2.20 bits per heavy atom. The molecule has 0 radical (unpaired) electrons. The normalized spacial score (nSPS) is 21.8. The average molecular weight is 341 g/mol. The van der Waals surface area contributed by atoms with Gasteiger partial charge < -0.3 is 15.7 Å². The molecule has 1 aromatic carbocycles. The van der Waals surface area contributed by atoms with E-state index in [1.54, 1.807) is 0 Å². The molecule has 2 unspecified atom stereocenters. The van der Waals surface area contributed by atoms with E-state index in [2.05, 4.69) is 26.6 Å². The Bertz CT molecular complexity index is 479. The van der Waals surface area contributed by atoms with Crippen molar-refractivity contribution in [1.82, 2.24) is 10.6 Å². The van der Waals surface area contributed by atoms with Gasteiger partial charge in [0.15, 0.2) is 0 Å². The Hall–Kier alpha value is -1.07. The molecule has 0 saturated heterocycles. The monoisotopic (exact) mass is 340 g/mol. The Labute approximate surface area is 128 Å². The van der Waals surface area contributed by atoms with Crippen LogP contribution >= 0.6 is 15.9 Å². The van der Waals surface area contributed by atoms with Crippen LogP contribution < -0.4 is 10.6 Å². The molecule has 1 aromatic rings. The lowest BCUT2D eigenvalue weighted by molar-refractivity contribution is 0.177. The van der Waals surface area contributed by atoms with E-state index < -0.39 is 0 Å². The van der Waals surface area contributed by atoms with E-state index in [9.17, 15) is 9.90 Å². The Morgan fingerprint density at radius 3 is 2.85 bits per heavy atom. The van der Waals surface area contributed by atoms with Gasteiger partial charge >= 0.3 is 6.03 Å². The van der Waals surface area contributed by atoms with Gasteiger partial charge in [-0.25, -0.2) is 4.79 Å². The van der Waals surface area contributed by atoms with Crippen molar-refractivity contribution in [2.75, 3.05) is 6.54 Å². The van der Waals surface area contributed by atoms with Crippen LogP contribution in [0.5, 0.6) is 0 Å². The quantitative estimate of drug-likeness (QED) is 0.789. The zero-order chi connectivity index (χ0) is 14.5. The number of benzene rings is 1. The number of urea groups is 1. The van der Waals surface area contributed by atoms with Gasteiger partial charge in [-0.3, -0.25) is 0 Å². The van der Waals surface area contributed by atoms with Gasteiger partial charge in [0, 0.05) is 17.6 Å². The summed E-state index contributed by atoms with van der Waals surface area (Å²) in [5, 5.41) is 15.2. The summed E-state index contributed by atoms with van der Waals surface area (Å²) in [6, 6.07) is 5.87. The third kappa shape index (κ3) is 4.49. The van der Waals surface area contributed by atoms with Crippen molar-refractivity contribution >= 4 is 22.0 Å². The first-order valence-corrected chi connectivity index (χ1v) is 7.78. The zero-order valence-electron chi connectivity index (χ0n) is 11.7. The van der Waals surface area contributed by atoms with E-state index in [0.29, 0.717) is 19.0 Å². The first-order valence-electron chi connectivity index (χ1n) is 6.99. The predicted molar refractivity (Wildman–Crippen MR) is 82.5 cm³/mol. The van der Waals surface area contributed by atoms with Crippen molar-refractivity contribution in [3.8, 4) is 0 Å². The Balaban J connectivity index is 1.72. The van der Waals surface area contributed by atoms with Gasteiger partial charge in [-0.1, -0.05) is 22.0 Å². The number of rotatable bonds is 4. The molecule has 0 heterocycles. The van der Waals surface area contributed by atoms with Gasteiger partial charge in [-0.15, -0.1) is 0 Å². The van der Waals surface area contributed by atoms with Crippen LogP contribution in [0.4, 0.5) is 4.79 Å². The smallest absolute Gasteiger partial charge is 0.315 e. The number of aryl methyl sites for hydroxylation is 1. The fraction of sp³-hybridized carbons (Fsp3) is 0.533. The summed E-state index contributed by atoms with van der Waals surface area (Å²) in [6.45, 7) is 3.19. The maximum absolute atomic E-state index is 11.7. The summed E-state index contributed by atoms with van der Waals surface area (Å²) in [6.07, 6.45) is 2.46. The summed E-state index contributed by atoms with van der Waals surface area (Å²) in [5.41, 5.74) is 2.26. The van der Waals surface area contributed by atoms with E-state index in [-0.39, 0.29) is 12.1 Å². The molecule has 1 saturated carbocycles. The van der Waals surface area contributed by atoms with Crippen molar-refractivity contribution in [1.29, 1.82) is 0 Å². The van der Waals surface area contributed by atoms with Gasteiger partial charge in [-0.2, -0.15) is 0 Å². The van der Waals surface area contributed by atoms with E-state index in [0.717, 1.165) is 34.9 Å². The SMILES string of the molecule is Cc1cc(Br)ccc1CNC(=O)NCC1CCC(O)C1. The third-order valence-electron chi connectivity index (χ3n) is 3.81.